The normalized spacial score (nSPS) is 11.1. The molecule has 5 heteroatoms. The van der Waals surface area contributed by atoms with Gasteiger partial charge in [-0.25, -0.2) is 4.68 Å². The van der Waals surface area contributed by atoms with Crippen molar-refractivity contribution in [3.8, 4) is 5.75 Å². The van der Waals surface area contributed by atoms with Crippen molar-refractivity contribution in [2.45, 2.75) is 32.9 Å². The molecule has 0 spiro atoms. The van der Waals surface area contributed by atoms with E-state index in [-0.39, 0.29) is 18.3 Å². The van der Waals surface area contributed by atoms with Crippen LogP contribution >= 0.6 is 0 Å². The number of phenols is 1. The highest BCUT2D eigenvalue weighted by atomic mass is 16.3. The number of aromatic hydroxyl groups is 1. The molecule has 0 aliphatic rings. The maximum atomic E-state index is 9.75. The third-order valence-corrected chi connectivity index (χ3v) is 2.86. The summed E-state index contributed by atoms with van der Waals surface area (Å²) in [6.45, 7) is 4.39. The van der Waals surface area contributed by atoms with Crippen LogP contribution in [-0.4, -0.2) is 25.2 Å². The average Bonchev–Trinajstić information content (AvgIpc) is 2.75. The average molecular weight is 247 g/mol. The smallest absolute Gasteiger partial charge is 0.120 e. The van der Waals surface area contributed by atoms with Gasteiger partial charge in [0.05, 0.1) is 18.8 Å². The lowest BCUT2D eigenvalue weighted by atomic mass is 10.1. The molecule has 2 aromatic rings. The Bertz CT molecular complexity index is 535. The first kappa shape index (κ1) is 12.6. The molecule has 0 aliphatic heterocycles. The molecule has 5 nitrogen and oxygen atoms in total. The van der Waals surface area contributed by atoms with Crippen molar-refractivity contribution in [1.82, 2.24) is 15.0 Å². The molecule has 1 aromatic heterocycles. The number of benzene rings is 1. The van der Waals surface area contributed by atoms with Gasteiger partial charge in [-0.05, 0) is 12.0 Å². The largest absolute Gasteiger partial charge is 0.508 e. The zero-order valence-electron chi connectivity index (χ0n) is 10.5. The number of para-hydroxylation sites is 1. The monoisotopic (exact) mass is 247 g/mol. The van der Waals surface area contributed by atoms with Gasteiger partial charge in [-0.3, -0.25) is 0 Å². The quantitative estimate of drug-likeness (QED) is 0.861. The Balaban J connectivity index is 2.35. The number of hydrogen-bond donors (Lipinski definition) is 2. The van der Waals surface area contributed by atoms with Gasteiger partial charge >= 0.3 is 0 Å². The standard InChI is InChI=1S/C13H17N3O2/c1-9(2)13-11(8-17)14-15-16(13)7-10-5-3-4-6-12(10)18/h3-6,9,17-18H,7-8H2,1-2H3. The predicted octanol–water partition coefficient (Wildman–Crippen LogP) is 1.65. The molecule has 0 atom stereocenters. The third-order valence-electron chi connectivity index (χ3n) is 2.86. The van der Waals surface area contributed by atoms with Crippen LogP contribution in [0.3, 0.4) is 0 Å². The summed E-state index contributed by atoms with van der Waals surface area (Å²) in [6, 6.07) is 7.14. The van der Waals surface area contributed by atoms with Gasteiger partial charge in [-0.15, -0.1) is 5.10 Å². The Hall–Kier alpha value is -1.88. The lowest BCUT2D eigenvalue weighted by Gasteiger charge is -2.11. The molecule has 96 valence electrons. The summed E-state index contributed by atoms with van der Waals surface area (Å²) in [5, 5.41) is 27.0. The second-order valence-corrected chi connectivity index (χ2v) is 4.52. The highest BCUT2D eigenvalue weighted by Crippen LogP contribution is 2.21. The Kier molecular flexibility index (Phi) is 3.62. The molecule has 2 rings (SSSR count). The van der Waals surface area contributed by atoms with Gasteiger partial charge in [0.1, 0.15) is 11.4 Å². The zero-order valence-corrected chi connectivity index (χ0v) is 10.5. The number of rotatable bonds is 4. The maximum absolute atomic E-state index is 9.75. The van der Waals surface area contributed by atoms with E-state index in [1.54, 1.807) is 16.8 Å². The Morgan fingerprint density at radius 2 is 2.00 bits per heavy atom. The van der Waals surface area contributed by atoms with Crippen molar-refractivity contribution in [3.05, 3.63) is 41.2 Å². The fraction of sp³-hybridized carbons (Fsp3) is 0.385. The minimum absolute atomic E-state index is 0.117. The van der Waals surface area contributed by atoms with Crippen molar-refractivity contribution >= 4 is 0 Å². The topological polar surface area (TPSA) is 71.2 Å². The summed E-state index contributed by atoms with van der Waals surface area (Å²) in [7, 11) is 0. The number of hydrogen-bond acceptors (Lipinski definition) is 4. The van der Waals surface area contributed by atoms with Crippen LogP contribution in [0.25, 0.3) is 0 Å². The maximum Gasteiger partial charge on any atom is 0.120 e. The number of aliphatic hydroxyl groups is 1. The van der Waals surface area contributed by atoms with Gasteiger partial charge < -0.3 is 10.2 Å². The van der Waals surface area contributed by atoms with E-state index in [9.17, 15) is 10.2 Å². The van der Waals surface area contributed by atoms with Crippen molar-refractivity contribution in [2.75, 3.05) is 0 Å². The lowest BCUT2D eigenvalue weighted by Crippen LogP contribution is -2.09. The molecule has 2 N–H and O–H groups in total. The summed E-state index contributed by atoms with van der Waals surface area (Å²) in [5.74, 6) is 0.459. The van der Waals surface area contributed by atoms with E-state index < -0.39 is 0 Å². The van der Waals surface area contributed by atoms with E-state index in [0.29, 0.717) is 12.2 Å². The number of nitrogens with zero attached hydrogens (tertiary/aromatic N) is 3. The second-order valence-electron chi connectivity index (χ2n) is 4.52. The predicted molar refractivity (Wildman–Crippen MR) is 67.2 cm³/mol. The van der Waals surface area contributed by atoms with Crippen LogP contribution in [-0.2, 0) is 13.2 Å². The van der Waals surface area contributed by atoms with Crippen molar-refractivity contribution < 1.29 is 10.2 Å². The van der Waals surface area contributed by atoms with Gasteiger partial charge in [0.15, 0.2) is 0 Å². The van der Waals surface area contributed by atoms with Crippen LogP contribution in [0.2, 0.25) is 0 Å². The fourth-order valence-corrected chi connectivity index (χ4v) is 2.02. The van der Waals surface area contributed by atoms with Crippen molar-refractivity contribution in [1.29, 1.82) is 0 Å². The van der Waals surface area contributed by atoms with Crippen LogP contribution in [0.5, 0.6) is 5.75 Å². The molecule has 1 heterocycles. The molecular formula is C13H17N3O2. The van der Waals surface area contributed by atoms with Crippen LogP contribution in [0.1, 0.15) is 36.7 Å². The molecule has 1 aromatic carbocycles. The lowest BCUT2D eigenvalue weighted by molar-refractivity contribution is 0.275. The first-order chi connectivity index (χ1) is 8.63. The SMILES string of the molecule is CC(C)c1c(CO)nnn1Cc1ccccc1O. The highest BCUT2D eigenvalue weighted by Gasteiger charge is 2.16. The van der Waals surface area contributed by atoms with E-state index in [2.05, 4.69) is 10.3 Å². The number of aromatic nitrogens is 3. The van der Waals surface area contributed by atoms with Crippen LogP contribution in [0.15, 0.2) is 24.3 Å². The minimum Gasteiger partial charge on any atom is -0.508 e. The molecule has 0 aliphatic carbocycles. The third kappa shape index (κ3) is 2.36. The Morgan fingerprint density at radius 1 is 1.28 bits per heavy atom. The zero-order chi connectivity index (χ0) is 13.1. The van der Waals surface area contributed by atoms with E-state index in [1.165, 1.54) is 0 Å². The Morgan fingerprint density at radius 3 is 2.61 bits per heavy atom. The molecule has 18 heavy (non-hydrogen) atoms. The van der Waals surface area contributed by atoms with Gasteiger partial charge in [-0.1, -0.05) is 37.3 Å². The summed E-state index contributed by atoms with van der Waals surface area (Å²) in [4.78, 5) is 0. The van der Waals surface area contributed by atoms with Crippen molar-refractivity contribution in [2.24, 2.45) is 0 Å². The molecule has 0 saturated carbocycles. The van der Waals surface area contributed by atoms with E-state index in [4.69, 9.17) is 0 Å². The molecule has 0 saturated heterocycles. The molecule has 0 unspecified atom stereocenters. The molecule has 0 amide bonds. The fourth-order valence-electron chi connectivity index (χ4n) is 2.02. The van der Waals surface area contributed by atoms with Gasteiger partial charge in [0.25, 0.3) is 0 Å². The summed E-state index contributed by atoms with van der Waals surface area (Å²) < 4.78 is 1.73. The van der Waals surface area contributed by atoms with E-state index in [0.717, 1.165) is 11.3 Å². The summed E-state index contributed by atoms with van der Waals surface area (Å²) in [6.07, 6.45) is 0. The molecular weight excluding hydrogens is 230 g/mol. The molecule has 0 radical (unpaired) electrons. The Labute approximate surface area is 106 Å². The first-order valence-corrected chi connectivity index (χ1v) is 5.93. The van der Waals surface area contributed by atoms with Gasteiger partial charge in [0.2, 0.25) is 0 Å². The minimum atomic E-state index is -0.117. The van der Waals surface area contributed by atoms with E-state index >= 15 is 0 Å². The molecule has 0 bridgehead atoms. The van der Waals surface area contributed by atoms with Crippen LogP contribution in [0, 0.1) is 0 Å². The van der Waals surface area contributed by atoms with Crippen LogP contribution < -0.4 is 0 Å². The second kappa shape index (κ2) is 5.18. The highest BCUT2D eigenvalue weighted by molar-refractivity contribution is 5.32. The summed E-state index contributed by atoms with van der Waals surface area (Å²) >= 11 is 0. The van der Waals surface area contributed by atoms with Gasteiger partial charge in [0, 0.05) is 5.56 Å². The van der Waals surface area contributed by atoms with Crippen LogP contribution in [0.4, 0.5) is 0 Å². The number of phenolic OH excluding ortho intramolecular Hbond substituents is 1. The first-order valence-electron chi connectivity index (χ1n) is 5.93. The van der Waals surface area contributed by atoms with Crippen molar-refractivity contribution in [3.63, 3.8) is 0 Å². The summed E-state index contributed by atoms with van der Waals surface area (Å²) in [5.41, 5.74) is 2.29. The number of aliphatic hydroxyl groups excluding tert-OH is 1. The molecule has 0 fully saturated rings. The van der Waals surface area contributed by atoms with Gasteiger partial charge in [-0.2, -0.15) is 0 Å². The van der Waals surface area contributed by atoms with E-state index in [1.807, 2.05) is 26.0 Å².